The number of carbonyl (C=O) groups is 1. The lowest BCUT2D eigenvalue weighted by Crippen LogP contribution is -2.19. The highest BCUT2D eigenvalue weighted by atomic mass is 79.9. The lowest BCUT2D eigenvalue weighted by Gasteiger charge is -2.09. The molecule has 0 saturated carbocycles. The van der Waals surface area contributed by atoms with E-state index in [1.165, 1.54) is 10.6 Å². The number of benzene rings is 1. The van der Waals surface area contributed by atoms with E-state index in [0.717, 1.165) is 16.1 Å². The van der Waals surface area contributed by atoms with Gasteiger partial charge >= 0.3 is 5.97 Å². The molecular formula is C13H10BrNO3. The standard InChI is InChI=1S/C13H10BrNO3/c1-15-11(8-2-4-10(14)5-3-8)6-9(13(17)18)7-12(15)16/h2-7H,1H3,(H,17,18). The second-order valence-electron chi connectivity index (χ2n) is 3.84. The highest BCUT2D eigenvalue weighted by Crippen LogP contribution is 2.21. The Morgan fingerprint density at radius 3 is 2.39 bits per heavy atom. The molecule has 0 amide bonds. The van der Waals surface area contributed by atoms with E-state index >= 15 is 0 Å². The molecule has 0 atom stereocenters. The van der Waals surface area contributed by atoms with Gasteiger partial charge in [0.05, 0.1) is 11.3 Å². The minimum atomic E-state index is -1.11. The molecule has 0 fully saturated rings. The molecule has 0 unspecified atom stereocenters. The Kier molecular flexibility index (Phi) is 3.34. The minimum absolute atomic E-state index is 0.00369. The van der Waals surface area contributed by atoms with Crippen LogP contribution in [0.1, 0.15) is 10.4 Å². The van der Waals surface area contributed by atoms with E-state index in [0.29, 0.717) is 5.69 Å². The number of aromatic nitrogens is 1. The average Bonchev–Trinajstić information content (AvgIpc) is 2.33. The van der Waals surface area contributed by atoms with Crippen molar-refractivity contribution in [3.05, 3.63) is 56.8 Å². The number of halogens is 1. The number of nitrogens with zero attached hydrogens (tertiary/aromatic N) is 1. The highest BCUT2D eigenvalue weighted by Gasteiger charge is 2.10. The van der Waals surface area contributed by atoms with E-state index < -0.39 is 5.97 Å². The van der Waals surface area contributed by atoms with E-state index in [4.69, 9.17) is 5.11 Å². The molecular weight excluding hydrogens is 298 g/mol. The molecule has 2 rings (SSSR count). The monoisotopic (exact) mass is 307 g/mol. The van der Waals surface area contributed by atoms with E-state index in [1.807, 2.05) is 24.3 Å². The van der Waals surface area contributed by atoms with Crippen molar-refractivity contribution < 1.29 is 9.90 Å². The van der Waals surface area contributed by atoms with Crippen molar-refractivity contribution in [1.29, 1.82) is 0 Å². The maximum Gasteiger partial charge on any atom is 0.335 e. The van der Waals surface area contributed by atoms with Crippen molar-refractivity contribution in [2.45, 2.75) is 0 Å². The van der Waals surface area contributed by atoms with Crippen LogP contribution in [0.5, 0.6) is 0 Å². The van der Waals surface area contributed by atoms with Crippen molar-refractivity contribution in [3.63, 3.8) is 0 Å². The summed E-state index contributed by atoms with van der Waals surface area (Å²) in [7, 11) is 1.62. The first-order valence-electron chi connectivity index (χ1n) is 5.19. The van der Waals surface area contributed by atoms with Gasteiger partial charge in [-0.05, 0) is 23.8 Å². The van der Waals surface area contributed by atoms with Gasteiger partial charge in [-0.15, -0.1) is 0 Å². The van der Waals surface area contributed by atoms with Gasteiger partial charge in [0, 0.05) is 17.6 Å². The SMILES string of the molecule is Cn1c(-c2ccc(Br)cc2)cc(C(=O)O)cc1=O. The number of carboxylic acid groups (broad SMARTS) is 1. The van der Waals surface area contributed by atoms with Crippen LogP contribution >= 0.6 is 15.9 Å². The molecule has 0 saturated heterocycles. The molecule has 0 aliphatic carbocycles. The quantitative estimate of drug-likeness (QED) is 0.927. The number of pyridine rings is 1. The third-order valence-electron chi connectivity index (χ3n) is 2.65. The molecule has 1 N–H and O–H groups in total. The first kappa shape index (κ1) is 12.6. The van der Waals surface area contributed by atoms with Crippen molar-refractivity contribution in [2.24, 2.45) is 7.05 Å². The summed E-state index contributed by atoms with van der Waals surface area (Å²) in [4.78, 5) is 22.6. The third kappa shape index (κ3) is 2.36. The number of hydrogen-bond donors (Lipinski definition) is 1. The highest BCUT2D eigenvalue weighted by molar-refractivity contribution is 9.10. The van der Waals surface area contributed by atoms with Crippen LogP contribution in [0.15, 0.2) is 45.7 Å². The van der Waals surface area contributed by atoms with E-state index in [2.05, 4.69) is 15.9 Å². The van der Waals surface area contributed by atoms with Crippen LogP contribution in [-0.2, 0) is 7.05 Å². The van der Waals surface area contributed by atoms with Gasteiger partial charge in [-0.1, -0.05) is 28.1 Å². The van der Waals surface area contributed by atoms with E-state index in [-0.39, 0.29) is 11.1 Å². The van der Waals surface area contributed by atoms with Gasteiger partial charge in [0.25, 0.3) is 5.56 Å². The predicted octanol–water partition coefficient (Wildman–Crippen LogP) is 2.51. The summed E-state index contributed by atoms with van der Waals surface area (Å²) in [5.74, 6) is -1.11. The zero-order chi connectivity index (χ0) is 13.3. The first-order chi connectivity index (χ1) is 8.49. The molecule has 0 bridgehead atoms. The fourth-order valence-corrected chi connectivity index (χ4v) is 1.92. The molecule has 92 valence electrons. The second kappa shape index (κ2) is 4.78. The normalized spacial score (nSPS) is 10.3. The second-order valence-corrected chi connectivity index (χ2v) is 4.75. The molecule has 1 heterocycles. The van der Waals surface area contributed by atoms with Crippen LogP contribution < -0.4 is 5.56 Å². The number of carboxylic acids is 1. The fourth-order valence-electron chi connectivity index (χ4n) is 1.66. The molecule has 18 heavy (non-hydrogen) atoms. The van der Waals surface area contributed by atoms with Crippen molar-refractivity contribution in [2.75, 3.05) is 0 Å². The zero-order valence-electron chi connectivity index (χ0n) is 9.55. The van der Waals surface area contributed by atoms with Crippen LogP contribution in [-0.4, -0.2) is 15.6 Å². The molecule has 0 aliphatic rings. The smallest absolute Gasteiger partial charge is 0.335 e. The first-order valence-corrected chi connectivity index (χ1v) is 5.98. The molecule has 4 nitrogen and oxygen atoms in total. The molecule has 5 heteroatoms. The maximum absolute atomic E-state index is 11.7. The maximum atomic E-state index is 11.7. The summed E-state index contributed by atoms with van der Waals surface area (Å²) in [6, 6.07) is 9.94. The topological polar surface area (TPSA) is 59.3 Å². The summed E-state index contributed by atoms with van der Waals surface area (Å²) in [5, 5.41) is 8.96. The van der Waals surface area contributed by atoms with Crippen LogP contribution in [0.3, 0.4) is 0 Å². The number of aromatic carboxylic acids is 1. The Labute approximate surface area is 112 Å². The van der Waals surface area contributed by atoms with Gasteiger partial charge in [0.15, 0.2) is 0 Å². The van der Waals surface area contributed by atoms with Gasteiger partial charge in [-0.25, -0.2) is 4.79 Å². The van der Waals surface area contributed by atoms with Crippen molar-refractivity contribution >= 4 is 21.9 Å². The average molecular weight is 308 g/mol. The lowest BCUT2D eigenvalue weighted by atomic mass is 10.1. The Balaban J connectivity index is 2.66. The van der Waals surface area contributed by atoms with Crippen LogP contribution in [0, 0.1) is 0 Å². The van der Waals surface area contributed by atoms with Crippen LogP contribution in [0.4, 0.5) is 0 Å². The summed E-state index contributed by atoms with van der Waals surface area (Å²) >= 11 is 3.33. The molecule has 2 aromatic rings. The number of rotatable bonds is 2. The number of hydrogen-bond acceptors (Lipinski definition) is 2. The zero-order valence-corrected chi connectivity index (χ0v) is 11.1. The Morgan fingerprint density at radius 2 is 1.83 bits per heavy atom. The van der Waals surface area contributed by atoms with Crippen LogP contribution in [0.2, 0.25) is 0 Å². The molecule has 1 aromatic carbocycles. The Morgan fingerprint density at radius 1 is 1.22 bits per heavy atom. The van der Waals surface area contributed by atoms with Gasteiger partial charge in [0.1, 0.15) is 0 Å². The molecule has 0 radical (unpaired) electrons. The van der Waals surface area contributed by atoms with Crippen molar-refractivity contribution in [3.8, 4) is 11.3 Å². The van der Waals surface area contributed by atoms with E-state index in [9.17, 15) is 9.59 Å². The third-order valence-corrected chi connectivity index (χ3v) is 3.18. The van der Waals surface area contributed by atoms with Gasteiger partial charge in [0.2, 0.25) is 0 Å². The molecule has 0 aliphatic heterocycles. The summed E-state index contributed by atoms with van der Waals surface area (Å²) in [6.07, 6.45) is 0. The summed E-state index contributed by atoms with van der Waals surface area (Å²) in [5.41, 5.74) is 1.03. The van der Waals surface area contributed by atoms with Gasteiger partial charge < -0.3 is 9.67 Å². The van der Waals surface area contributed by atoms with Gasteiger partial charge in [-0.2, -0.15) is 0 Å². The Hall–Kier alpha value is -1.88. The van der Waals surface area contributed by atoms with Gasteiger partial charge in [-0.3, -0.25) is 4.79 Å². The molecule has 1 aromatic heterocycles. The molecule has 0 spiro atoms. The van der Waals surface area contributed by atoms with Crippen LogP contribution in [0.25, 0.3) is 11.3 Å². The minimum Gasteiger partial charge on any atom is -0.478 e. The summed E-state index contributed by atoms with van der Waals surface area (Å²) in [6.45, 7) is 0. The lowest BCUT2D eigenvalue weighted by molar-refractivity contribution is 0.0696. The van der Waals surface area contributed by atoms with E-state index in [1.54, 1.807) is 7.05 Å². The fraction of sp³-hybridized carbons (Fsp3) is 0.0769. The van der Waals surface area contributed by atoms with Crippen molar-refractivity contribution in [1.82, 2.24) is 4.57 Å². The predicted molar refractivity (Wildman–Crippen MR) is 71.8 cm³/mol. The summed E-state index contributed by atoms with van der Waals surface area (Å²) < 4.78 is 2.35. The Bertz CT molecular complexity index is 659. The largest absolute Gasteiger partial charge is 0.478 e.